The molecule has 1 nitrogen and oxygen atoms in total. The first-order valence-electron chi connectivity index (χ1n) is 5.04. The summed E-state index contributed by atoms with van der Waals surface area (Å²) in [5.74, 6) is 5.94. The van der Waals surface area contributed by atoms with E-state index in [1.165, 1.54) is 10.4 Å². The second-order valence-corrected chi connectivity index (χ2v) is 4.08. The highest BCUT2D eigenvalue weighted by molar-refractivity contribution is 7.10. The Morgan fingerprint density at radius 3 is 3.07 bits per heavy atom. The number of rotatable bonds is 5. The highest BCUT2D eigenvalue weighted by Crippen LogP contribution is 2.16. The maximum atomic E-state index is 3.41. The van der Waals surface area contributed by atoms with Crippen LogP contribution in [0.15, 0.2) is 11.4 Å². The van der Waals surface area contributed by atoms with Gasteiger partial charge in [0.15, 0.2) is 0 Å². The standard InChI is InChI=1S/C12H17NS/c1-3-5-6-8-13-10-12-11(4-2)7-9-14-12/h7,9,13H,4,6,8,10H2,1-2H3. The molecule has 0 saturated heterocycles. The molecule has 14 heavy (non-hydrogen) atoms. The Kier molecular flexibility index (Phi) is 5.36. The van der Waals surface area contributed by atoms with Gasteiger partial charge in [-0.1, -0.05) is 6.92 Å². The van der Waals surface area contributed by atoms with Crippen LogP contribution in [0.5, 0.6) is 0 Å². The molecule has 1 rings (SSSR count). The molecule has 0 fully saturated rings. The Hall–Kier alpha value is -0.780. The molecule has 0 spiro atoms. The van der Waals surface area contributed by atoms with E-state index in [9.17, 15) is 0 Å². The van der Waals surface area contributed by atoms with Crippen LogP contribution >= 0.6 is 11.3 Å². The van der Waals surface area contributed by atoms with Crippen LogP contribution in [0.3, 0.4) is 0 Å². The summed E-state index contributed by atoms with van der Waals surface area (Å²) in [5, 5.41) is 5.57. The first-order chi connectivity index (χ1) is 6.88. The van der Waals surface area contributed by atoms with Crippen molar-refractivity contribution in [2.75, 3.05) is 6.54 Å². The fraction of sp³-hybridized carbons (Fsp3) is 0.500. The van der Waals surface area contributed by atoms with Gasteiger partial charge in [0, 0.05) is 24.4 Å². The number of hydrogen-bond acceptors (Lipinski definition) is 2. The largest absolute Gasteiger partial charge is 0.311 e. The Morgan fingerprint density at radius 1 is 1.50 bits per heavy atom. The number of hydrogen-bond donors (Lipinski definition) is 1. The van der Waals surface area contributed by atoms with E-state index in [0.29, 0.717) is 0 Å². The topological polar surface area (TPSA) is 12.0 Å². The molecule has 0 aliphatic heterocycles. The summed E-state index contributed by atoms with van der Waals surface area (Å²) in [6.45, 7) is 6.07. The second kappa shape index (κ2) is 6.64. The van der Waals surface area contributed by atoms with Gasteiger partial charge in [-0.2, -0.15) is 0 Å². The Labute approximate surface area is 90.5 Å². The van der Waals surface area contributed by atoms with Crippen molar-refractivity contribution in [3.63, 3.8) is 0 Å². The molecule has 0 aliphatic carbocycles. The van der Waals surface area contributed by atoms with E-state index < -0.39 is 0 Å². The summed E-state index contributed by atoms with van der Waals surface area (Å²) >= 11 is 1.84. The van der Waals surface area contributed by atoms with Gasteiger partial charge in [0.1, 0.15) is 0 Å². The molecule has 0 aliphatic rings. The number of nitrogens with one attached hydrogen (secondary N) is 1. The van der Waals surface area contributed by atoms with Crippen LogP contribution in [-0.2, 0) is 13.0 Å². The molecule has 0 atom stereocenters. The summed E-state index contributed by atoms with van der Waals surface area (Å²) in [6.07, 6.45) is 2.08. The molecular weight excluding hydrogens is 190 g/mol. The lowest BCUT2D eigenvalue weighted by Gasteiger charge is -2.02. The van der Waals surface area contributed by atoms with Gasteiger partial charge in [0.25, 0.3) is 0 Å². The smallest absolute Gasteiger partial charge is 0.0302 e. The quantitative estimate of drug-likeness (QED) is 0.578. The van der Waals surface area contributed by atoms with Crippen molar-refractivity contribution in [1.82, 2.24) is 5.32 Å². The summed E-state index contributed by atoms with van der Waals surface area (Å²) in [5.41, 5.74) is 1.48. The predicted molar refractivity (Wildman–Crippen MR) is 63.5 cm³/mol. The minimum Gasteiger partial charge on any atom is -0.311 e. The molecule has 1 heterocycles. The van der Waals surface area contributed by atoms with Crippen molar-refractivity contribution in [2.45, 2.75) is 33.2 Å². The van der Waals surface area contributed by atoms with Crippen LogP contribution < -0.4 is 5.32 Å². The van der Waals surface area contributed by atoms with E-state index in [0.717, 1.165) is 25.9 Å². The second-order valence-electron chi connectivity index (χ2n) is 3.08. The van der Waals surface area contributed by atoms with E-state index >= 15 is 0 Å². The first-order valence-corrected chi connectivity index (χ1v) is 5.92. The van der Waals surface area contributed by atoms with Crippen LogP contribution in [-0.4, -0.2) is 6.54 Å². The van der Waals surface area contributed by atoms with Gasteiger partial charge in [-0.15, -0.1) is 23.2 Å². The molecule has 0 amide bonds. The molecule has 76 valence electrons. The predicted octanol–water partition coefficient (Wildman–Crippen LogP) is 2.81. The monoisotopic (exact) mass is 207 g/mol. The van der Waals surface area contributed by atoms with Crippen molar-refractivity contribution in [3.05, 3.63) is 21.9 Å². The molecule has 0 aromatic carbocycles. The number of thiophene rings is 1. The van der Waals surface area contributed by atoms with Crippen LogP contribution in [0, 0.1) is 11.8 Å². The summed E-state index contributed by atoms with van der Waals surface area (Å²) in [4.78, 5) is 1.47. The zero-order chi connectivity index (χ0) is 10.2. The van der Waals surface area contributed by atoms with E-state index in [1.54, 1.807) is 0 Å². The first kappa shape index (κ1) is 11.3. The van der Waals surface area contributed by atoms with Crippen molar-refractivity contribution < 1.29 is 0 Å². The minimum atomic E-state index is 0.948. The fourth-order valence-corrected chi connectivity index (χ4v) is 2.26. The average Bonchev–Trinajstić information content (AvgIpc) is 2.65. The van der Waals surface area contributed by atoms with E-state index in [4.69, 9.17) is 0 Å². The highest BCUT2D eigenvalue weighted by Gasteiger charge is 2.00. The highest BCUT2D eigenvalue weighted by atomic mass is 32.1. The number of aryl methyl sites for hydroxylation is 1. The molecular formula is C12H17NS. The average molecular weight is 207 g/mol. The molecule has 0 radical (unpaired) electrons. The maximum absolute atomic E-state index is 3.41. The lowest BCUT2D eigenvalue weighted by molar-refractivity contribution is 0.704. The summed E-state index contributed by atoms with van der Waals surface area (Å²) in [6, 6.07) is 2.22. The third-order valence-electron chi connectivity index (χ3n) is 2.11. The van der Waals surface area contributed by atoms with Gasteiger partial charge in [-0.05, 0) is 30.4 Å². The lowest BCUT2D eigenvalue weighted by atomic mass is 10.2. The van der Waals surface area contributed by atoms with Crippen molar-refractivity contribution in [2.24, 2.45) is 0 Å². The Balaban J connectivity index is 2.26. The molecule has 1 aromatic heterocycles. The maximum Gasteiger partial charge on any atom is 0.0302 e. The van der Waals surface area contributed by atoms with Crippen molar-refractivity contribution in [1.29, 1.82) is 0 Å². The molecule has 0 bridgehead atoms. The van der Waals surface area contributed by atoms with Gasteiger partial charge >= 0.3 is 0 Å². The van der Waals surface area contributed by atoms with E-state index in [2.05, 4.69) is 35.5 Å². The van der Waals surface area contributed by atoms with Crippen LogP contribution in [0.1, 0.15) is 30.7 Å². The van der Waals surface area contributed by atoms with Gasteiger partial charge < -0.3 is 5.32 Å². The molecule has 0 unspecified atom stereocenters. The zero-order valence-corrected chi connectivity index (χ0v) is 9.71. The van der Waals surface area contributed by atoms with Gasteiger partial charge in [0.2, 0.25) is 0 Å². The normalized spacial score (nSPS) is 9.57. The lowest BCUT2D eigenvalue weighted by Crippen LogP contribution is -2.14. The Bertz CT molecular complexity index is 317. The van der Waals surface area contributed by atoms with E-state index in [-0.39, 0.29) is 0 Å². The summed E-state index contributed by atoms with van der Waals surface area (Å²) < 4.78 is 0. The van der Waals surface area contributed by atoms with Crippen molar-refractivity contribution >= 4 is 11.3 Å². The molecule has 2 heteroatoms. The van der Waals surface area contributed by atoms with Gasteiger partial charge in [-0.25, -0.2) is 0 Å². The fourth-order valence-electron chi connectivity index (χ4n) is 1.31. The van der Waals surface area contributed by atoms with Gasteiger partial charge in [-0.3, -0.25) is 0 Å². The van der Waals surface area contributed by atoms with Crippen LogP contribution in [0.4, 0.5) is 0 Å². The molecule has 0 saturated carbocycles. The van der Waals surface area contributed by atoms with Crippen molar-refractivity contribution in [3.8, 4) is 11.8 Å². The third kappa shape index (κ3) is 3.53. The van der Waals surface area contributed by atoms with E-state index in [1.807, 2.05) is 18.3 Å². The van der Waals surface area contributed by atoms with Crippen LogP contribution in [0.2, 0.25) is 0 Å². The van der Waals surface area contributed by atoms with Gasteiger partial charge in [0.05, 0.1) is 0 Å². The molecule has 1 N–H and O–H groups in total. The minimum absolute atomic E-state index is 0.948. The molecule has 1 aromatic rings. The third-order valence-corrected chi connectivity index (χ3v) is 3.07. The SMILES string of the molecule is CC#CCCNCc1sccc1CC. The zero-order valence-electron chi connectivity index (χ0n) is 8.89. The van der Waals surface area contributed by atoms with Crippen LogP contribution in [0.25, 0.3) is 0 Å². The summed E-state index contributed by atoms with van der Waals surface area (Å²) in [7, 11) is 0. The Morgan fingerprint density at radius 2 is 2.36 bits per heavy atom.